The minimum absolute atomic E-state index is 0.00359. The first-order chi connectivity index (χ1) is 12.4. The van der Waals surface area contributed by atoms with Crippen LogP contribution in [0.4, 0.5) is 0 Å². The van der Waals surface area contributed by atoms with Gasteiger partial charge < -0.3 is 15.9 Å². The first-order valence-electron chi connectivity index (χ1n) is 7.80. The second kappa shape index (κ2) is 7.68. The topological polar surface area (TPSA) is 162 Å². The van der Waals surface area contributed by atoms with Crippen LogP contribution in [0, 0.1) is 0 Å². The highest BCUT2D eigenvalue weighted by Gasteiger charge is 2.51. The van der Waals surface area contributed by atoms with Crippen molar-refractivity contribution in [3.8, 4) is 0 Å². The van der Waals surface area contributed by atoms with E-state index in [-0.39, 0.29) is 23.4 Å². The largest absolute Gasteiger partial charge is 0.481 e. The molecule has 3 rings (SSSR count). The molecule has 140 valence electrons. The van der Waals surface area contributed by atoms with Crippen LogP contribution in [-0.2, 0) is 20.8 Å². The summed E-state index contributed by atoms with van der Waals surface area (Å²) in [6, 6.07) is -0.653. The molecule has 5 N–H and O–H groups in total. The number of aromatic amines is 1. The Morgan fingerprint density at radius 3 is 2.85 bits per heavy atom. The highest BCUT2D eigenvalue weighted by molar-refractivity contribution is 8.01. The number of amides is 1. The van der Waals surface area contributed by atoms with E-state index in [4.69, 9.17) is 10.8 Å². The number of aliphatic carboxylic acids is 2. The molecule has 1 unspecified atom stereocenters. The highest BCUT2D eigenvalue weighted by atomic mass is 32.2. The van der Waals surface area contributed by atoms with Gasteiger partial charge in [0.25, 0.3) is 0 Å². The lowest BCUT2D eigenvalue weighted by Crippen LogP contribution is -2.68. The van der Waals surface area contributed by atoms with Crippen LogP contribution in [-0.4, -0.2) is 71.3 Å². The number of carbonyl (C=O) groups is 3. The average Bonchev–Trinajstić information content (AvgIpc) is 3.05. The third-order valence-electron chi connectivity index (χ3n) is 4.06. The van der Waals surface area contributed by atoms with E-state index in [9.17, 15) is 19.5 Å². The van der Waals surface area contributed by atoms with E-state index in [2.05, 4.69) is 15.4 Å². The first-order valence-corrected chi connectivity index (χ1v) is 9.83. The van der Waals surface area contributed by atoms with Crippen molar-refractivity contribution >= 4 is 41.4 Å². The summed E-state index contributed by atoms with van der Waals surface area (Å²) in [4.78, 5) is 35.4. The van der Waals surface area contributed by atoms with Crippen LogP contribution >= 0.6 is 23.5 Å². The molecule has 1 fully saturated rings. The van der Waals surface area contributed by atoms with Crippen molar-refractivity contribution in [2.75, 3.05) is 11.5 Å². The van der Waals surface area contributed by atoms with Crippen molar-refractivity contribution in [2.24, 2.45) is 5.73 Å². The molecule has 10 nitrogen and oxygen atoms in total. The number of thioether (sulfide) groups is 2. The summed E-state index contributed by atoms with van der Waals surface area (Å²) in [5, 5.41) is 29.1. The second-order valence-electron chi connectivity index (χ2n) is 5.80. The van der Waals surface area contributed by atoms with E-state index in [0.717, 1.165) is 0 Å². The first kappa shape index (κ1) is 18.7. The molecule has 0 aromatic carbocycles. The Morgan fingerprint density at radius 2 is 2.15 bits per heavy atom. The molecule has 0 bridgehead atoms. The lowest BCUT2D eigenvalue weighted by atomic mass is 10.0. The number of β-lactam (4-membered cyclic amide) rings is 1. The van der Waals surface area contributed by atoms with Gasteiger partial charge in [0, 0.05) is 17.9 Å². The van der Waals surface area contributed by atoms with Crippen LogP contribution in [0.2, 0.25) is 0 Å². The molecular formula is C14H17N5O5S2. The maximum Gasteiger partial charge on any atom is 0.352 e. The maximum atomic E-state index is 11.9. The van der Waals surface area contributed by atoms with Crippen molar-refractivity contribution in [1.29, 1.82) is 0 Å². The lowest BCUT2D eigenvalue weighted by Gasteiger charge is -2.48. The van der Waals surface area contributed by atoms with Gasteiger partial charge in [-0.1, -0.05) is 11.8 Å². The molecule has 2 atom stereocenters. The van der Waals surface area contributed by atoms with Crippen molar-refractivity contribution in [1.82, 2.24) is 20.3 Å². The Morgan fingerprint density at radius 1 is 1.38 bits per heavy atom. The van der Waals surface area contributed by atoms with Gasteiger partial charge in [0.2, 0.25) is 5.91 Å². The van der Waals surface area contributed by atoms with Crippen LogP contribution in [0.15, 0.2) is 16.3 Å². The molecule has 0 radical (unpaired) electrons. The van der Waals surface area contributed by atoms with Crippen LogP contribution in [0.25, 0.3) is 0 Å². The minimum Gasteiger partial charge on any atom is -0.481 e. The highest BCUT2D eigenvalue weighted by Crippen LogP contribution is 2.40. The molecule has 0 saturated carbocycles. The van der Waals surface area contributed by atoms with Gasteiger partial charge in [0.15, 0.2) is 0 Å². The number of aromatic nitrogens is 3. The Balaban J connectivity index is 1.69. The number of aryl methyl sites for hydroxylation is 1. The standard InChI is InChI=1S/C14H17N5O5S2/c15-9-12(22)19-10(14(23)24)6(5-26-13(9)19)4-25-11-7(16-18-17-11)2-1-3-8(20)21/h9,13H,1-5,15H2,(H,20,21)(H,23,24)(H,16,17,18)/t9?,13-/m0/s1. The summed E-state index contributed by atoms with van der Waals surface area (Å²) >= 11 is 2.76. The van der Waals surface area contributed by atoms with Crippen LogP contribution in [0.3, 0.4) is 0 Å². The number of hydrogen-bond donors (Lipinski definition) is 4. The van der Waals surface area contributed by atoms with E-state index in [1.165, 1.54) is 28.4 Å². The van der Waals surface area contributed by atoms with E-state index < -0.39 is 18.0 Å². The SMILES string of the molecule is NC1C(=O)N2C(C(=O)O)=C(CSc3n[nH]nc3CCCC(=O)O)CS[C@@H]12. The smallest absolute Gasteiger partial charge is 0.352 e. The molecule has 0 aliphatic carbocycles. The summed E-state index contributed by atoms with van der Waals surface area (Å²) in [7, 11) is 0. The molecule has 2 aliphatic heterocycles. The number of fused-ring (bicyclic) bond motifs is 1. The van der Waals surface area contributed by atoms with Crippen LogP contribution < -0.4 is 5.73 Å². The molecule has 1 aromatic heterocycles. The molecule has 1 amide bonds. The second-order valence-corrected chi connectivity index (χ2v) is 7.87. The Kier molecular flexibility index (Phi) is 5.53. The van der Waals surface area contributed by atoms with E-state index in [0.29, 0.717) is 40.6 Å². The van der Waals surface area contributed by atoms with Gasteiger partial charge in [0.1, 0.15) is 22.1 Å². The third-order valence-corrected chi connectivity index (χ3v) is 6.52. The van der Waals surface area contributed by atoms with Gasteiger partial charge in [-0.05, 0) is 18.4 Å². The number of hydrogen-bond acceptors (Lipinski definition) is 8. The summed E-state index contributed by atoms with van der Waals surface area (Å²) in [5.41, 5.74) is 7.01. The molecule has 26 heavy (non-hydrogen) atoms. The van der Waals surface area contributed by atoms with Crippen molar-refractivity contribution in [3.05, 3.63) is 17.0 Å². The number of nitrogens with one attached hydrogen (secondary N) is 1. The minimum atomic E-state index is -1.15. The lowest BCUT2D eigenvalue weighted by molar-refractivity contribution is -0.147. The number of carbonyl (C=O) groups excluding carboxylic acids is 1. The monoisotopic (exact) mass is 399 g/mol. The number of rotatable bonds is 8. The Hall–Kier alpha value is -2.05. The molecule has 1 aromatic rings. The molecular weight excluding hydrogens is 382 g/mol. The fraction of sp³-hybridized carbons (Fsp3) is 0.500. The van der Waals surface area contributed by atoms with E-state index >= 15 is 0 Å². The summed E-state index contributed by atoms with van der Waals surface area (Å²) in [6.07, 6.45) is 0.948. The molecule has 3 heterocycles. The van der Waals surface area contributed by atoms with Crippen molar-refractivity contribution in [3.63, 3.8) is 0 Å². The number of H-pyrrole nitrogens is 1. The van der Waals surface area contributed by atoms with E-state index in [1.807, 2.05) is 0 Å². The summed E-state index contributed by atoms with van der Waals surface area (Å²) in [5.74, 6) is -1.57. The zero-order valence-corrected chi connectivity index (χ0v) is 15.2. The van der Waals surface area contributed by atoms with Crippen LogP contribution in [0.1, 0.15) is 18.5 Å². The van der Waals surface area contributed by atoms with Crippen molar-refractivity contribution in [2.45, 2.75) is 35.7 Å². The van der Waals surface area contributed by atoms with Gasteiger partial charge in [-0.3, -0.25) is 14.5 Å². The molecule has 1 saturated heterocycles. The predicted molar refractivity (Wildman–Crippen MR) is 93.4 cm³/mol. The number of nitrogens with two attached hydrogens (primary N) is 1. The molecule has 2 aliphatic rings. The van der Waals surface area contributed by atoms with Gasteiger partial charge in [0.05, 0.1) is 5.69 Å². The van der Waals surface area contributed by atoms with Gasteiger partial charge in [-0.2, -0.15) is 10.3 Å². The zero-order chi connectivity index (χ0) is 18.8. The quantitative estimate of drug-likeness (QED) is 0.342. The number of nitrogens with zero attached hydrogens (tertiary/aromatic N) is 3. The fourth-order valence-electron chi connectivity index (χ4n) is 2.78. The van der Waals surface area contributed by atoms with Gasteiger partial charge in [-0.15, -0.1) is 16.9 Å². The summed E-state index contributed by atoms with van der Waals surface area (Å²) in [6.45, 7) is 0. The summed E-state index contributed by atoms with van der Waals surface area (Å²) < 4.78 is 0. The van der Waals surface area contributed by atoms with Gasteiger partial charge >= 0.3 is 11.9 Å². The average molecular weight is 399 g/mol. The predicted octanol–water partition coefficient (Wildman–Crippen LogP) is -0.115. The Bertz CT molecular complexity index is 780. The van der Waals surface area contributed by atoms with Gasteiger partial charge in [-0.25, -0.2) is 4.79 Å². The number of carboxylic acids is 2. The number of carboxylic acid groups (broad SMARTS) is 2. The van der Waals surface area contributed by atoms with Crippen molar-refractivity contribution < 1.29 is 24.6 Å². The third kappa shape index (κ3) is 3.57. The van der Waals surface area contributed by atoms with E-state index in [1.54, 1.807) is 0 Å². The molecule has 12 heteroatoms. The maximum absolute atomic E-state index is 11.9. The Labute approximate surface area is 156 Å². The fourth-order valence-corrected chi connectivity index (χ4v) is 5.17. The normalized spacial score (nSPS) is 22.2. The zero-order valence-electron chi connectivity index (χ0n) is 13.5. The van der Waals surface area contributed by atoms with Crippen LogP contribution in [0.5, 0.6) is 0 Å². The molecule has 0 spiro atoms.